The lowest BCUT2D eigenvalue weighted by atomic mass is 10.1. The van der Waals surface area contributed by atoms with Crippen LogP contribution in [0.1, 0.15) is 27.0 Å². The molecule has 5 nitrogen and oxygen atoms in total. The molecule has 0 saturated carbocycles. The van der Waals surface area contributed by atoms with Crippen molar-refractivity contribution >= 4 is 38.9 Å². The van der Waals surface area contributed by atoms with Crippen LogP contribution in [-0.2, 0) is 10.0 Å². The van der Waals surface area contributed by atoms with E-state index in [0.29, 0.717) is 11.4 Å². The van der Waals surface area contributed by atoms with Crippen LogP contribution in [0.2, 0.25) is 5.02 Å². The number of nitrogens with one attached hydrogen (secondary N) is 2. The molecule has 0 unspecified atom stereocenters. The SMILES string of the molecule is Cc1cccc(NS(=O)(=O)c2ccc(Cl)c(C(=O)Nc3cc(C)ccc3C)c2)c1. The first-order valence-electron chi connectivity index (χ1n) is 8.93. The fraction of sp³-hybridized carbons (Fsp3) is 0.136. The second kappa shape index (κ2) is 8.27. The number of hydrogen-bond acceptors (Lipinski definition) is 3. The lowest BCUT2D eigenvalue weighted by Gasteiger charge is -2.13. The number of rotatable bonds is 5. The van der Waals surface area contributed by atoms with Gasteiger partial charge in [-0.05, 0) is 73.9 Å². The predicted octanol–water partition coefficient (Wildman–Crippen LogP) is 5.32. The normalized spacial score (nSPS) is 11.2. The maximum Gasteiger partial charge on any atom is 0.261 e. The van der Waals surface area contributed by atoms with Gasteiger partial charge in [0.05, 0.1) is 15.5 Å². The van der Waals surface area contributed by atoms with Crippen LogP contribution in [0, 0.1) is 20.8 Å². The largest absolute Gasteiger partial charge is 0.322 e. The number of benzene rings is 3. The number of anilines is 2. The van der Waals surface area contributed by atoms with Gasteiger partial charge in [-0.1, -0.05) is 35.9 Å². The topological polar surface area (TPSA) is 75.3 Å². The molecule has 0 fully saturated rings. The minimum Gasteiger partial charge on any atom is -0.322 e. The first-order chi connectivity index (χ1) is 13.7. The molecule has 0 bridgehead atoms. The molecule has 0 saturated heterocycles. The summed E-state index contributed by atoms with van der Waals surface area (Å²) in [5, 5.41) is 2.97. The van der Waals surface area contributed by atoms with E-state index in [9.17, 15) is 13.2 Å². The van der Waals surface area contributed by atoms with Crippen LogP contribution in [0.5, 0.6) is 0 Å². The minimum atomic E-state index is -3.88. The number of hydrogen-bond donors (Lipinski definition) is 2. The molecule has 3 aromatic carbocycles. The van der Waals surface area contributed by atoms with Crippen molar-refractivity contribution in [1.82, 2.24) is 0 Å². The van der Waals surface area contributed by atoms with Crippen molar-refractivity contribution in [3.05, 3.63) is 87.9 Å². The van der Waals surface area contributed by atoms with Gasteiger partial charge in [-0.25, -0.2) is 8.42 Å². The lowest BCUT2D eigenvalue weighted by molar-refractivity contribution is 0.102. The van der Waals surface area contributed by atoms with Crippen LogP contribution < -0.4 is 10.0 Å². The molecule has 0 aliphatic carbocycles. The fourth-order valence-electron chi connectivity index (χ4n) is 2.83. The third kappa shape index (κ3) is 4.96. The zero-order valence-corrected chi connectivity index (χ0v) is 17.9. The number of amides is 1. The molecule has 3 aromatic rings. The molecular formula is C22H21ClN2O3S. The van der Waals surface area contributed by atoms with Crippen molar-refractivity contribution in [2.75, 3.05) is 10.0 Å². The zero-order chi connectivity index (χ0) is 21.2. The van der Waals surface area contributed by atoms with E-state index in [0.717, 1.165) is 16.7 Å². The Bertz CT molecular complexity index is 1190. The summed E-state index contributed by atoms with van der Waals surface area (Å²) in [5.74, 6) is -0.476. The summed E-state index contributed by atoms with van der Waals surface area (Å²) < 4.78 is 28.1. The number of aryl methyl sites for hydroxylation is 3. The smallest absolute Gasteiger partial charge is 0.261 e. The van der Waals surface area contributed by atoms with Gasteiger partial charge in [0.2, 0.25) is 0 Å². The van der Waals surface area contributed by atoms with Gasteiger partial charge in [0.1, 0.15) is 0 Å². The summed E-state index contributed by atoms with van der Waals surface area (Å²) in [7, 11) is -3.88. The van der Waals surface area contributed by atoms with Gasteiger partial charge >= 0.3 is 0 Å². The quantitative estimate of drug-likeness (QED) is 0.577. The van der Waals surface area contributed by atoms with E-state index < -0.39 is 15.9 Å². The van der Waals surface area contributed by atoms with Crippen LogP contribution in [0.15, 0.2) is 65.6 Å². The Balaban J connectivity index is 1.91. The molecular weight excluding hydrogens is 408 g/mol. The Labute approximate surface area is 175 Å². The summed E-state index contributed by atoms with van der Waals surface area (Å²) in [6.07, 6.45) is 0. The van der Waals surface area contributed by atoms with Gasteiger partial charge < -0.3 is 5.32 Å². The third-order valence-electron chi connectivity index (χ3n) is 4.40. The molecule has 29 heavy (non-hydrogen) atoms. The van der Waals surface area contributed by atoms with Gasteiger partial charge in [0.25, 0.3) is 15.9 Å². The van der Waals surface area contributed by atoms with Crippen molar-refractivity contribution in [3.8, 4) is 0 Å². The second-order valence-corrected chi connectivity index (χ2v) is 8.98. The van der Waals surface area contributed by atoms with Crippen LogP contribution in [0.25, 0.3) is 0 Å². The summed E-state index contributed by atoms with van der Waals surface area (Å²) in [4.78, 5) is 12.7. The highest BCUT2D eigenvalue weighted by molar-refractivity contribution is 7.92. The van der Waals surface area contributed by atoms with Crippen molar-refractivity contribution in [1.29, 1.82) is 0 Å². The van der Waals surface area contributed by atoms with E-state index >= 15 is 0 Å². The molecule has 1 amide bonds. The van der Waals surface area contributed by atoms with Gasteiger partial charge in [-0.3, -0.25) is 9.52 Å². The number of halogens is 1. The average Bonchev–Trinajstić information content (AvgIpc) is 2.64. The molecule has 0 atom stereocenters. The van der Waals surface area contributed by atoms with Crippen LogP contribution in [0.3, 0.4) is 0 Å². The Kier molecular flexibility index (Phi) is 5.96. The summed E-state index contributed by atoms with van der Waals surface area (Å²) >= 11 is 6.18. The van der Waals surface area contributed by atoms with Crippen LogP contribution >= 0.6 is 11.6 Å². The van der Waals surface area contributed by atoms with Gasteiger partial charge in [-0.15, -0.1) is 0 Å². The Morgan fingerprint density at radius 1 is 0.897 bits per heavy atom. The number of carbonyl (C=O) groups excluding carboxylic acids is 1. The Morgan fingerprint density at radius 2 is 1.62 bits per heavy atom. The fourth-order valence-corrected chi connectivity index (χ4v) is 4.11. The minimum absolute atomic E-state index is 0.0467. The monoisotopic (exact) mass is 428 g/mol. The van der Waals surface area contributed by atoms with Crippen molar-refractivity contribution < 1.29 is 13.2 Å². The standard InChI is InChI=1S/C22H21ClN2O3S/c1-14-5-4-6-17(11-14)25-29(27,28)18-9-10-20(23)19(13-18)22(26)24-21-12-15(2)7-8-16(21)3/h4-13,25H,1-3H3,(H,24,26). The molecule has 150 valence electrons. The van der Waals surface area contributed by atoms with Crippen LogP contribution in [-0.4, -0.2) is 14.3 Å². The molecule has 3 rings (SSSR count). The van der Waals surface area contributed by atoms with Crippen molar-refractivity contribution in [2.45, 2.75) is 25.7 Å². The molecule has 0 heterocycles. The average molecular weight is 429 g/mol. The highest BCUT2D eigenvalue weighted by Gasteiger charge is 2.19. The maximum absolute atomic E-state index is 12.8. The molecule has 0 aliphatic rings. The molecule has 0 radical (unpaired) electrons. The number of carbonyl (C=O) groups is 1. The summed E-state index contributed by atoms with van der Waals surface area (Å²) in [6, 6.07) is 16.8. The summed E-state index contributed by atoms with van der Waals surface area (Å²) in [6.45, 7) is 5.67. The van der Waals surface area contributed by atoms with E-state index in [-0.39, 0.29) is 15.5 Å². The van der Waals surface area contributed by atoms with Crippen molar-refractivity contribution in [2.24, 2.45) is 0 Å². The second-order valence-electron chi connectivity index (χ2n) is 6.89. The highest BCUT2D eigenvalue weighted by atomic mass is 35.5. The predicted molar refractivity (Wildman–Crippen MR) is 117 cm³/mol. The zero-order valence-electron chi connectivity index (χ0n) is 16.3. The molecule has 0 spiro atoms. The number of sulfonamides is 1. The third-order valence-corrected chi connectivity index (χ3v) is 6.11. The molecule has 7 heteroatoms. The highest BCUT2D eigenvalue weighted by Crippen LogP contribution is 2.25. The van der Waals surface area contributed by atoms with Gasteiger partial charge in [-0.2, -0.15) is 0 Å². The molecule has 2 N–H and O–H groups in total. The van der Waals surface area contributed by atoms with Gasteiger partial charge in [0, 0.05) is 11.4 Å². The first kappa shape index (κ1) is 20.9. The maximum atomic E-state index is 12.8. The molecule has 0 aromatic heterocycles. The van der Waals surface area contributed by atoms with E-state index in [1.54, 1.807) is 18.2 Å². The van der Waals surface area contributed by atoms with E-state index in [1.807, 2.05) is 45.0 Å². The van der Waals surface area contributed by atoms with Crippen LogP contribution in [0.4, 0.5) is 11.4 Å². The van der Waals surface area contributed by atoms with Crippen molar-refractivity contribution in [3.63, 3.8) is 0 Å². The Hall–Kier alpha value is -2.83. The van der Waals surface area contributed by atoms with Gasteiger partial charge in [0.15, 0.2) is 0 Å². The summed E-state index contributed by atoms with van der Waals surface area (Å²) in [5.41, 5.74) is 3.99. The molecule has 0 aliphatic heterocycles. The van der Waals surface area contributed by atoms with E-state index in [2.05, 4.69) is 10.0 Å². The lowest BCUT2D eigenvalue weighted by Crippen LogP contribution is -2.17. The van der Waals surface area contributed by atoms with E-state index in [1.165, 1.54) is 18.2 Å². The first-order valence-corrected chi connectivity index (χ1v) is 10.8. The van der Waals surface area contributed by atoms with E-state index in [4.69, 9.17) is 11.6 Å². The Morgan fingerprint density at radius 3 is 2.34 bits per heavy atom.